The number of halogens is 2. The maximum absolute atomic E-state index is 12.8. The molecule has 0 fully saturated rings. The molecule has 2 atom stereocenters. The first-order valence-electron chi connectivity index (χ1n) is 4.09. The zero-order chi connectivity index (χ0) is 11.6. The molecule has 6 heteroatoms. The number of hydrogen-bond donors (Lipinski definition) is 1. The van der Waals surface area contributed by atoms with E-state index in [-0.39, 0.29) is 5.56 Å². The fourth-order valence-corrected chi connectivity index (χ4v) is 1.85. The lowest BCUT2D eigenvalue weighted by atomic mass is 10.1. The van der Waals surface area contributed by atoms with Crippen LogP contribution in [0.5, 0.6) is 0 Å². The number of benzene rings is 1. The van der Waals surface area contributed by atoms with Crippen molar-refractivity contribution >= 4 is 21.4 Å². The van der Waals surface area contributed by atoms with Gasteiger partial charge in [0.25, 0.3) is 0 Å². The molecule has 0 saturated carbocycles. The number of rotatable bonds is 3. The van der Waals surface area contributed by atoms with E-state index in [1.807, 2.05) is 0 Å². The van der Waals surface area contributed by atoms with Gasteiger partial charge in [-0.3, -0.25) is 0 Å². The standard InChI is InChI=1S/C9H10ClFO3S/c1-15(13,14)9(10)8(12)6-3-2-4-7(11)5-6/h2-5,8-9,12H,1H3/t8-,9-/m1/s1. The van der Waals surface area contributed by atoms with Crippen LogP contribution >= 0.6 is 11.6 Å². The zero-order valence-corrected chi connectivity index (χ0v) is 9.46. The topological polar surface area (TPSA) is 54.4 Å². The van der Waals surface area contributed by atoms with E-state index in [2.05, 4.69) is 0 Å². The Kier molecular flexibility index (Phi) is 3.70. The Morgan fingerprint density at radius 3 is 2.53 bits per heavy atom. The van der Waals surface area contributed by atoms with Crippen LogP contribution in [0.3, 0.4) is 0 Å². The van der Waals surface area contributed by atoms with Crippen molar-refractivity contribution in [3.63, 3.8) is 0 Å². The number of aliphatic hydroxyl groups is 1. The van der Waals surface area contributed by atoms with Gasteiger partial charge in [0.15, 0.2) is 14.5 Å². The Labute approximate surface area is 92.4 Å². The van der Waals surface area contributed by atoms with Crippen molar-refractivity contribution in [3.05, 3.63) is 35.6 Å². The molecule has 0 aliphatic heterocycles. The molecule has 1 aromatic carbocycles. The first kappa shape index (κ1) is 12.4. The molecule has 0 aliphatic carbocycles. The molecule has 1 N–H and O–H groups in total. The lowest BCUT2D eigenvalue weighted by Crippen LogP contribution is -2.21. The summed E-state index contributed by atoms with van der Waals surface area (Å²) in [6, 6.07) is 5.03. The van der Waals surface area contributed by atoms with E-state index in [0.717, 1.165) is 12.3 Å². The van der Waals surface area contributed by atoms with Crippen LogP contribution in [0, 0.1) is 5.82 Å². The van der Waals surface area contributed by atoms with E-state index in [9.17, 15) is 17.9 Å². The quantitative estimate of drug-likeness (QED) is 0.829. The van der Waals surface area contributed by atoms with Gasteiger partial charge in [-0.25, -0.2) is 12.8 Å². The molecule has 0 radical (unpaired) electrons. The van der Waals surface area contributed by atoms with E-state index in [1.54, 1.807) is 0 Å². The van der Waals surface area contributed by atoms with Gasteiger partial charge in [-0.2, -0.15) is 0 Å². The van der Waals surface area contributed by atoms with Crippen molar-refractivity contribution in [1.29, 1.82) is 0 Å². The lowest BCUT2D eigenvalue weighted by molar-refractivity contribution is 0.191. The van der Waals surface area contributed by atoms with Crippen molar-refractivity contribution in [2.45, 2.75) is 10.8 Å². The van der Waals surface area contributed by atoms with E-state index in [4.69, 9.17) is 11.6 Å². The molecule has 0 bridgehead atoms. The minimum atomic E-state index is -3.57. The molecule has 1 aromatic rings. The van der Waals surface area contributed by atoms with Gasteiger partial charge in [-0.05, 0) is 17.7 Å². The van der Waals surface area contributed by atoms with Crippen molar-refractivity contribution in [1.82, 2.24) is 0 Å². The van der Waals surface area contributed by atoms with Crippen LogP contribution in [-0.2, 0) is 9.84 Å². The summed E-state index contributed by atoms with van der Waals surface area (Å²) in [4.78, 5) is 0. The van der Waals surface area contributed by atoms with Crippen LogP contribution in [0.15, 0.2) is 24.3 Å². The fraction of sp³-hybridized carbons (Fsp3) is 0.333. The molecule has 0 aromatic heterocycles. The number of sulfone groups is 1. The maximum Gasteiger partial charge on any atom is 0.167 e. The SMILES string of the molecule is CS(=O)(=O)[C@@H](Cl)[C@H](O)c1cccc(F)c1. The predicted molar refractivity (Wildman–Crippen MR) is 55.8 cm³/mol. The second-order valence-electron chi connectivity index (χ2n) is 3.18. The van der Waals surface area contributed by atoms with Crippen molar-refractivity contribution < 1.29 is 17.9 Å². The van der Waals surface area contributed by atoms with Crippen LogP contribution < -0.4 is 0 Å². The van der Waals surface area contributed by atoms with Crippen LogP contribution in [-0.4, -0.2) is 24.5 Å². The fourth-order valence-electron chi connectivity index (χ4n) is 1.08. The Balaban J connectivity index is 3.00. The summed E-state index contributed by atoms with van der Waals surface area (Å²) < 4.78 is 33.4. The molecule has 0 amide bonds. The molecule has 0 spiro atoms. The second-order valence-corrected chi connectivity index (χ2v) is 6.08. The highest BCUT2D eigenvalue weighted by Gasteiger charge is 2.27. The second kappa shape index (κ2) is 4.47. The summed E-state index contributed by atoms with van der Waals surface area (Å²) in [7, 11) is -3.57. The van der Waals surface area contributed by atoms with Gasteiger partial charge in [-0.1, -0.05) is 12.1 Å². The Bertz CT molecular complexity index is 446. The van der Waals surface area contributed by atoms with Gasteiger partial charge < -0.3 is 5.11 Å². The number of aliphatic hydroxyl groups excluding tert-OH is 1. The van der Waals surface area contributed by atoms with Crippen LogP contribution in [0.4, 0.5) is 4.39 Å². The summed E-state index contributed by atoms with van der Waals surface area (Å²) in [6.45, 7) is 0. The summed E-state index contributed by atoms with van der Waals surface area (Å²) in [5, 5.41) is 9.57. The molecular weight excluding hydrogens is 243 g/mol. The zero-order valence-electron chi connectivity index (χ0n) is 7.89. The van der Waals surface area contributed by atoms with Crippen LogP contribution in [0.2, 0.25) is 0 Å². The Hall–Kier alpha value is -0.650. The number of alkyl halides is 1. The summed E-state index contributed by atoms with van der Waals surface area (Å²) in [5.74, 6) is -0.552. The molecule has 15 heavy (non-hydrogen) atoms. The van der Waals surface area contributed by atoms with Crippen molar-refractivity contribution in [2.24, 2.45) is 0 Å². The largest absolute Gasteiger partial charge is 0.386 e. The molecular formula is C9H10ClFO3S. The molecule has 1 rings (SSSR count). The predicted octanol–water partition coefficient (Wildman–Crippen LogP) is 1.47. The maximum atomic E-state index is 12.8. The lowest BCUT2D eigenvalue weighted by Gasteiger charge is -2.15. The first-order valence-corrected chi connectivity index (χ1v) is 6.48. The molecule has 84 valence electrons. The highest BCUT2D eigenvalue weighted by Crippen LogP contribution is 2.24. The van der Waals surface area contributed by atoms with Crippen LogP contribution in [0.25, 0.3) is 0 Å². The normalized spacial score (nSPS) is 16.0. The van der Waals surface area contributed by atoms with Gasteiger partial charge in [-0.15, -0.1) is 11.6 Å². The van der Waals surface area contributed by atoms with E-state index < -0.39 is 26.5 Å². The van der Waals surface area contributed by atoms with E-state index in [1.165, 1.54) is 18.2 Å². The highest BCUT2D eigenvalue weighted by atomic mass is 35.5. The van der Waals surface area contributed by atoms with E-state index >= 15 is 0 Å². The number of hydrogen-bond acceptors (Lipinski definition) is 3. The minimum absolute atomic E-state index is 0.139. The Morgan fingerprint density at radius 2 is 2.07 bits per heavy atom. The molecule has 3 nitrogen and oxygen atoms in total. The molecule has 0 aliphatic rings. The molecule has 0 heterocycles. The highest BCUT2D eigenvalue weighted by molar-refractivity contribution is 7.92. The molecule has 0 unspecified atom stereocenters. The van der Waals surface area contributed by atoms with Gasteiger partial charge in [0.05, 0.1) is 0 Å². The molecule has 0 saturated heterocycles. The van der Waals surface area contributed by atoms with Crippen molar-refractivity contribution in [2.75, 3.05) is 6.26 Å². The van der Waals surface area contributed by atoms with Crippen molar-refractivity contribution in [3.8, 4) is 0 Å². The third-order valence-electron chi connectivity index (χ3n) is 1.85. The smallest absolute Gasteiger partial charge is 0.167 e. The first-order chi connectivity index (χ1) is 6.82. The van der Waals surface area contributed by atoms with Crippen LogP contribution in [0.1, 0.15) is 11.7 Å². The Morgan fingerprint density at radius 1 is 1.47 bits per heavy atom. The van der Waals surface area contributed by atoms with Gasteiger partial charge in [0.2, 0.25) is 0 Å². The van der Waals surface area contributed by atoms with E-state index in [0.29, 0.717) is 0 Å². The summed E-state index contributed by atoms with van der Waals surface area (Å²) in [6.07, 6.45) is -0.523. The summed E-state index contributed by atoms with van der Waals surface area (Å²) >= 11 is 5.53. The average molecular weight is 253 g/mol. The summed E-state index contributed by atoms with van der Waals surface area (Å²) in [5.41, 5.74) is 0.139. The van der Waals surface area contributed by atoms with Gasteiger partial charge in [0, 0.05) is 6.26 Å². The third-order valence-corrected chi connectivity index (χ3v) is 4.13. The van der Waals surface area contributed by atoms with Gasteiger partial charge in [0.1, 0.15) is 11.9 Å². The minimum Gasteiger partial charge on any atom is -0.386 e. The monoisotopic (exact) mass is 252 g/mol. The average Bonchev–Trinajstić information content (AvgIpc) is 2.14. The third kappa shape index (κ3) is 3.15. The van der Waals surface area contributed by atoms with Gasteiger partial charge >= 0.3 is 0 Å².